The van der Waals surface area contributed by atoms with Crippen molar-refractivity contribution in [3.8, 4) is 0 Å². The van der Waals surface area contributed by atoms with Gasteiger partial charge in [0.05, 0.1) is 28.7 Å². The summed E-state index contributed by atoms with van der Waals surface area (Å²) >= 11 is 3.17. The number of nitrogens with zero attached hydrogens (tertiary/aromatic N) is 2. The molecule has 0 spiro atoms. The minimum atomic E-state index is -0.528. The van der Waals surface area contributed by atoms with Gasteiger partial charge >= 0.3 is 0 Å². The van der Waals surface area contributed by atoms with Crippen LogP contribution in [0.4, 0.5) is 11.5 Å². The average Bonchev–Trinajstić information content (AvgIpc) is 2.30. The largest absolute Gasteiger partial charge is 0.394 e. The second-order valence-electron chi connectivity index (χ2n) is 3.26. The molecule has 0 amide bonds. The van der Waals surface area contributed by atoms with Crippen LogP contribution in [-0.4, -0.2) is 41.4 Å². The Hall–Kier alpha value is -1.25. The summed E-state index contributed by atoms with van der Waals surface area (Å²) in [4.78, 5) is 13.9. The number of aliphatic hydroxyl groups is 1. The molecule has 8 heteroatoms. The van der Waals surface area contributed by atoms with Crippen LogP contribution in [0.5, 0.6) is 0 Å². The molecule has 0 bridgehead atoms. The summed E-state index contributed by atoms with van der Waals surface area (Å²) in [5, 5.41) is 22.5. The second kappa shape index (κ2) is 6.48. The lowest BCUT2D eigenvalue weighted by atomic mass is 10.3. The molecule has 0 aliphatic carbocycles. The molecule has 0 aliphatic rings. The Labute approximate surface area is 106 Å². The van der Waals surface area contributed by atoms with Crippen LogP contribution in [0.3, 0.4) is 0 Å². The number of aromatic nitrogens is 1. The van der Waals surface area contributed by atoms with E-state index in [0.29, 0.717) is 16.9 Å². The SMILES string of the molecule is COCC(CO)Nc1ncc([N+](=O)[O-])cc1Br. The molecular weight excluding hydrogens is 294 g/mol. The molecule has 0 aliphatic heterocycles. The van der Waals surface area contributed by atoms with E-state index >= 15 is 0 Å². The number of anilines is 1. The van der Waals surface area contributed by atoms with E-state index in [2.05, 4.69) is 26.2 Å². The van der Waals surface area contributed by atoms with Crippen molar-refractivity contribution < 1.29 is 14.8 Å². The first-order valence-corrected chi connectivity index (χ1v) is 5.54. The zero-order chi connectivity index (χ0) is 12.8. The van der Waals surface area contributed by atoms with Crippen LogP contribution < -0.4 is 5.32 Å². The molecule has 94 valence electrons. The minimum absolute atomic E-state index is 0.102. The Balaban J connectivity index is 2.81. The number of hydrogen-bond acceptors (Lipinski definition) is 6. The van der Waals surface area contributed by atoms with Crippen molar-refractivity contribution in [2.45, 2.75) is 6.04 Å². The molecule has 1 aromatic rings. The third-order valence-electron chi connectivity index (χ3n) is 1.97. The molecular formula is C9H12BrN3O4. The van der Waals surface area contributed by atoms with Gasteiger partial charge in [-0.3, -0.25) is 10.1 Å². The van der Waals surface area contributed by atoms with Gasteiger partial charge in [0.2, 0.25) is 0 Å². The lowest BCUT2D eigenvalue weighted by molar-refractivity contribution is -0.385. The highest BCUT2D eigenvalue weighted by atomic mass is 79.9. The Kier molecular flexibility index (Phi) is 5.26. The van der Waals surface area contributed by atoms with Crippen LogP contribution in [0, 0.1) is 10.1 Å². The zero-order valence-electron chi connectivity index (χ0n) is 9.09. The normalized spacial score (nSPS) is 12.2. The van der Waals surface area contributed by atoms with Crippen LogP contribution in [0.1, 0.15) is 0 Å². The summed E-state index contributed by atoms with van der Waals surface area (Å²) in [6.45, 7) is 0.181. The number of halogens is 1. The fraction of sp³-hybridized carbons (Fsp3) is 0.444. The third kappa shape index (κ3) is 3.91. The number of nitro groups is 1. The first-order valence-electron chi connectivity index (χ1n) is 4.74. The smallest absolute Gasteiger partial charge is 0.288 e. The van der Waals surface area contributed by atoms with Crippen LogP contribution in [0.15, 0.2) is 16.7 Å². The molecule has 1 atom stereocenters. The monoisotopic (exact) mass is 305 g/mol. The van der Waals surface area contributed by atoms with Crippen molar-refractivity contribution in [1.82, 2.24) is 4.98 Å². The van der Waals surface area contributed by atoms with Gasteiger partial charge in [-0.25, -0.2) is 4.98 Å². The summed E-state index contributed by atoms with van der Waals surface area (Å²) in [6, 6.07) is 1.03. The lowest BCUT2D eigenvalue weighted by Gasteiger charge is -2.16. The van der Waals surface area contributed by atoms with E-state index in [1.165, 1.54) is 13.2 Å². The highest BCUT2D eigenvalue weighted by molar-refractivity contribution is 9.10. The number of pyridine rings is 1. The van der Waals surface area contributed by atoms with Gasteiger partial charge in [-0.2, -0.15) is 0 Å². The van der Waals surface area contributed by atoms with Crippen molar-refractivity contribution >= 4 is 27.4 Å². The van der Waals surface area contributed by atoms with Crippen molar-refractivity contribution in [3.63, 3.8) is 0 Å². The first kappa shape index (κ1) is 13.8. The quantitative estimate of drug-likeness (QED) is 0.605. The van der Waals surface area contributed by atoms with Crippen LogP contribution >= 0.6 is 15.9 Å². The Morgan fingerprint density at radius 2 is 2.47 bits per heavy atom. The molecule has 0 radical (unpaired) electrons. The standard InChI is InChI=1S/C9H12BrN3O4/c1-17-5-6(4-14)12-9-8(10)2-7(3-11-9)13(15)16/h2-3,6,14H,4-5H2,1H3,(H,11,12). The van der Waals surface area contributed by atoms with E-state index < -0.39 is 4.92 Å². The van der Waals surface area contributed by atoms with Gasteiger partial charge in [-0.15, -0.1) is 0 Å². The van der Waals surface area contributed by atoms with Crippen molar-refractivity contribution in [2.24, 2.45) is 0 Å². The number of nitrogens with one attached hydrogen (secondary N) is 1. The molecule has 1 rings (SSSR count). The Morgan fingerprint density at radius 3 is 2.94 bits per heavy atom. The number of methoxy groups -OCH3 is 1. The number of rotatable bonds is 6. The summed E-state index contributed by atoms with van der Waals surface area (Å²) < 4.78 is 5.35. The van der Waals surface area contributed by atoms with E-state index in [1.54, 1.807) is 0 Å². The number of hydrogen-bond donors (Lipinski definition) is 2. The predicted octanol–water partition coefficient (Wildman–Crippen LogP) is 1.17. The molecule has 0 fully saturated rings. The van der Waals surface area contributed by atoms with E-state index in [0.717, 1.165) is 6.20 Å². The minimum Gasteiger partial charge on any atom is -0.394 e. The summed E-state index contributed by atoms with van der Waals surface area (Å²) in [5.41, 5.74) is -0.102. The molecule has 1 heterocycles. The fourth-order valence-electron chi connectivity index (χ4n) is 1.17. The zero-order valence-corrected chi connectivity index (χ0v) is 10.7. The molecule has 0 saturated carbocycles. The second-order valence-corrected chi connectivity index (χ2v) is 4.11. The fourth-order valence-corrected chi connectivity index (χ4v) is 1.62. The van der Waals surface area contributed by atoms with E-state index in [9.17, 15) is 10.1 Å². The maximum absolute atomic E-state index is 10.5. The third-order valence-corrected chi connectivity index (χ3v) is 2.57. The van der Waals surface area contributed by atoms with Gasteiger partial charge in [0, 0.05) is 13.2 Å². The molecule has 0 aromatic carbocycles. The van der Waals surface area contributed by atoms with Crippen LogP contribution in [-0.2, 0) is 4.74 Å². The summed E-state index contributed by atoms with van der Waals surface area (Å²) in [7, 11) is 1.52. The van der Waals surface area contributed by atoms with Crippen molar-refractivity contribution in [2.75, 3.05) is 25.6 Å². The van der Waals surface area contributed by atoms with Crippen LogP contribution in [0.2, 0.25) is 0 Å². The van der Waals surface area contributed by atoms with Gasteiger partial charge < -0.3 is 15.2 Å². The molecule has 0 saturated heterocycles. The highest BCUT2D eigenvalue weighted by Crippen LogP contribution is 2.24. The highest BCUT2D eigenvalue weighted by Gasteiger charge is 2.13. The summed E-state index contributed by atoms with van der Waals surface area (Å²) in [6.07, 6.45) is 1.15. The predicted molar refractivity (Wildman–Crippen MR) is 65.0 cm³/mol. The van der Waals surface area contributed by atoms with Gasteiger partial charge in [0.25, 0.3) is 5.69 Å². The number of aliphatic hydroxyl groups excluding tert-OH is 1. The molecule has 17 heavy (non-hydrogen) atoms. The molecule has 7 nitrogen and oxygen atoms in total. The van der Waals surface area contributed by atoms with Gasteiger partial charge in [-0.1, -0.05) is 0 Å². The van der Waals surface area contributed by atoms with Gasteiger partial charge in [0.1, 0.15) is 12.0 Å². The van der Waals surface area contributed by atoms with Crippen molar-refractivity contribution in [3.05, 3.63) is 26.9 Å². The van der Waals surface area contributed by atoms with Gasteiger partial charge in [0.15, 0.2) is 0 Å². The Morgan fingerprint density at radius 1 is 1.76 bits per heavy atom. The lowest BCUT2D eigenvalue weighted by Crippen LogP contribution is -2.29. The van der Waals surface area contributed by atoms with Crippen molar-refractivity contribution in [1.29, 1.82) is 0 Å². The molecule has 1 unspecified atom stereocenters. The number of ether oxygens (including phenoxy) is 1. The Bertz CT molecular complexity index is 402. The van der Waals surface area contributed by atoms with E-state index in [-0.39, 0.29) is 18.3 Å². The summed E-state index contributed by atoms with van der Waals surface area (Å²) in [5.74, 6) is 0.423. The topological polar surface area (TPSA) is 97.5 Å². The van der Waals surface area contributed by atoms with E-state index in [4.69, 9.17) is 9.84 Å². The maximum atomic E-state index is 10.5. The van der Waals surface area contributed by atoms with Gasteiger partial charge in [-0.05, 0) is 15.9 Å². The first-order chi connectivity index (χ1) is 8.08. The van der Waals surface area contributed by atoms with Crippen LogP contribution in [0.25, 0.3) is 0 Å². The molecule has 1 aromatic heterocycles. The maximum Gasteiger partial charge on any atom is 0.288 e. The van der Waals surface area contributed by atoms with E-state index in [1.807, 2.05) is 0 Å². The molecule has 2 N–H and O–H groups in total. The average molecular weight is 306 g/mol.